The highest BCUT2D eigenvalue weighted by Crippen LogP contribution is 2.33. The lowest BCUT2D eigenvalue weighted by Crippen LogP contribution is -2.28. The summed E-state index contributed by atoms with van der Waals surface area (Å²) in [5.41, 5.74) is 2.31. The number of nitrogens with zero attached hydrogens (tertiary/aromatic N) is 2. The topological polar surface area (TPSA) is 87.3 Å². The number of ether oxygens (including phenoxy) is 1. The van der Waals surface area contributed by atoms with Gasteiger partial charge in [-0.3, -0.25) is 14.9 Å². The van der Waals surface area contributed by atoms with Crippen molar-refractivity contribution in [1.29, 1.82) is 0 Å². The van der Waals surface area contributed by atoms with E-state index in [2.05, 4.69) is 15.3 Å². The smallest absolute Gasteiger partial charge is 0.232 e. The zero-order valence-corrected chi connectivity index (χ0v) is 14.2. The molecule has 2 aromatic carbocycles. The standard InChI is InChI=1S/C19H18N4O3/c1-26-16-9-5-4-8-15(16)23-11-12(10-17(23)24)18(25)22-19-20-13-6-2-3-7-14(13)21-19/h2-9,12H,10-11H2,1H3,(H2,20,21,22,25)/t12-/m0/s1. The van der Waals surface area contributed by atoms with Gasteiger partial charge in [0.25, 0.3) is 0 Å². The van der Waals surface area contributed by atoms with Crippen molar-refractivity contribution in [2.24, 2.45) is 5.92 Å². The number of methoxy groups -OCH3 is 1. The summed E-state index contributed by atoms with van der Waals surface area (Å²) in [5.74, 6) is 0.230. The molecule has 1 aliphatic rings. The summed E-state index contributed by atoms with van der Waals surface area (Å²) >= 11 is 0. The van der Waals surface area contributed by atoms with Crippen molar-refractivity contribution in [3.8, 4) is 5.75 Å². The van der Waals surface area contributed by atoms with Crippen LogP contribution in [0.1, 0.15) is 6.42 Å². The summed E-state index contributed by atoms with van der Waals surface area (Å²) in [6, 6.07) is 14.8. The van der Waals surface area contributed by atoms with Gasteiger partial charge < -0.3 is 14.6 Å². The number of amides is 2. The molecule has 7 nitrogen and oxygen atoms in total. The SMILES string of the molecule is COc1ccccc1N1C[C@@H](C(=O)Nc2nc3ccccc3[nH]2)CC1=O. The fraction of sp³-hybridized carbons (Fsp3) is 0.211. The van der Waals surface area contributed by atoms with Crippen LogP contribution in [0.5, 0.6) is 5.75 Å². The molecule has 26 heavy (non-hydrogen) atoms. The molecule has 1 saturated heterocycles. The second kappa shape index (κ2) is 6.51. The van der Waals surface area contributed by atoms with Crippen molar-refractivity contribution in [2.75, 3.05) is 23.9 Å². The van der Waals surface area contributed by atoms with Crippen molar-refractivity contribution in [3.63, 3.8) is 0 Å². The zero-order chi connectivity index (χ0) is 18.1. The second-order valence-corrected chi connectivity index (χ2v) is 6.17. The van der Waals surface area contributed by atoms with Gasteiger partial charge in [-0.25, -0.2) is 4.98 Å². The molecule has 2 amide bonds. The van der Waals surface area contributed by atoms with Gasteiger partial charge in [-0.1, -0.05) is 24.3 Å². The van der Waals surface area contributed by atoms with E-state index in [0.29, 0.717) is 23.9 Å². The Kier molecular flexibility index (Phi) is 4.04. The third kappa shape index (κ3) is 2.88. The molecule has 0 unspecified atom stereocenters. The van der Waals surface area contributed by atoms with Crippen molar-refractivity contribution >= 4 is 34.5 Å². The van der Waals surface area contributed by atoms with Gasteiger partial charge in [-0.2, -0.15) is 0 Å². The number of aromatic amines is 1. The number of nitrogens with one attached hydrogen (secondary N) is 2. The molecule has 3 aromatic rings. The molecule has 132 valence electrons. The van der Waals surface area contributed by atoms with E-state index in [4.69, 9.17) is 4.74 Å². The number of hydrogen-bond acceptors (Lipinski definition) is 4. The normalized spacial score (nSPS) is 16.9. The fourth-order valence-electron chi connectivity index (χ4n) is 3.20. The van der Waals surface area contributed by atoms with Gasteiger partial charge in [0.15, 0.2) is 0 Å². The summed E-state index contributed by atoms with van der Waals surface area (Å²) < 4.78 is 5.32. The third-order valence-electron chi connectivity index (χ3n) is 4.50. The van der Waals surface area contributed by atoms with Gasteiger partial charge in [0.1, 0.15) is 5.75 Å². The van der Waals surface area contributed by atoms with Crippen LogP contribution in [0.3, 0.4) is 0 Å². The minimum atomic E-state index is -0.444. The summed E-state index contributed by atoms with van der Waals surface area (Å²) in [7, 11) is 1.56. The Morgan fingerprint density at radius 2 is 2.00 bits per heavy atom. The van der Waals surface area contributed by atoms with Gasteiger partial charge >= 0.3 is 0 Å². The summed E-state index contributed by atoms with van der Waals surface area (Å²) in [4.78, 5) is 34.0. The van der Waals surface area contributed by atoms with Gasteiger partial charge in [0.05, 0.1) is 29.7 Å². The van der Waals surface area contributed by atoms with E-state index in [9.17, 15) is 9.59 Å². The fourth-order valence-corrected chi connectivity index (χ4v) is 3.20. The Labute approximate surface area is 150 Å². The molecule has 1 atom stereocenters. The van der Waals surface area contributed by atoms with E-state index in [1.807, 2.05) is 42.5 Å². The van der Waals surface area contributed by atoms with Crippen LogP contribution in [0, 0.1) is 5.92 Å². The van der Waals surface area contributed by atoms with E-state index >= 15 is 0 Å². The predicted octanol–water partition coefficient (Wildman–Crippen LogP) is 2.56. The first-order chi connectivity index (χ1) is 12.7. The van der Waals surface area contributed by atoms with Crippen LogP contribution < -0.4 is 15.0 Å². The van der Waals surface area contributed by atoms with E-state index in [1.54, 1.807) is 18.1 Å². The van der Waals surface area contributed by atoms with Gasteiger partial charge in [-0.05, 0) is 24.3 Å². The number of H-pyrrole nitrogens is 1. The number of fused-ring (bicyclic) bond motifs is 1. The Balaban J connectivity index is 1.50. The predicted molar refractivity (Wildman–Crippen MR) is 98.2 cm³/mol. The minimum absolute atomic E-state index is 0.0979. The molecular formula is C19H18N4O3. The largest absolute Gasteiger partial charge is 0.495 e. The maximum absolute atomic E-state index is 12.6. The van der Waals surface area contributed by atoms with Crippen LogP contribution in [-0.4, -0.2) is 35.4 Å². The van der Waals surface area contributed by atoms with Gasteiger partial charge in [0.2, 0.25) is 17.8 Å². The number of aromatic nitrogens is 2. The average molecular weight is 350 g/mol. The van der Waals surface area contributed by atoms with E-state index in [0.717, 1.165) is 11.0 Å². The molecular weight excluding hydrogens is 332 g/mol. The number of anilines is 2. The number of hydrogen-bond donors (Lipinski definition) is 2. The van der Waals surface area contributed by atoms with Crippen LogP contribution in [0.25, 0.3) is 11.0 Å². The Bertz CT molecular complexity index is 949. The third-order valence-corrected chi connectivity index (χ3v) is 4.50. The molecule has 0 aliphatic carbocycles. The number of carbonyl (C=O) groups excluding carboxylic acids is 2. The second-order valence-electron chi connectivity index (χ2n) is 6.17. The van der Waals surface area contributed by atoms with Crippen LogP contribution in [0.2, 0.25) is 0 Å². The molecule has 0 bridgehead atoms. The number of para-hydroxylation sites is 4. The highest BCUT2D eigenvalue weighted by Gasteiger charge is 2.36. The van der Waals surface area contributed by atoms with Crippen LogP contribution in [0.15, 0.2) is 48.5 Å². The number of carbonyl (C=O) groups is 2. The maximum atomic E-state index is 12.6. The van der Waals surface area contributed by atoms with Crippen molar-refractivity contribution in [2.45, 2.75) is 6.42 Å². The van der Waals surface area contributed by atoms with E-state index in [-0.39, 0.29) is 18.2 Å². The van der Waals surface area contributed by atoms with Crippen molar-refractivity contribution in [3.05, 3.63) is 48.5 Å². The number of imidazole rings is 1. The number of rotatable bonds is 4. The summed E-state index contributed by atoms with van der Waals surface area (Å²) in [5, 5.41) is 2.78. The molecule has 1 aromatic heterocycles. The molecule has 0 radical (unpaired) electrons. The lowest BCUT2D eigenvalue weighted by molar-refractivity contribution is -0.122. The van der Waals surface area contributed by atoms with Crippen molar-refractivity contribution < 1.29 is 14.3 Å². The lowest BCUT2D eigenvalue weighted by Gasteiger charge is -2.19. The Morgan fingerprint density at radius 1 is 1.23 bits per heavy atom. The summed E-state index contributed by atoms with van der Waals surface area (Å²) in [6.45, 7) is 0.311. The highest BCUT2D eigenvalue weighted by molar-refractivity contribution is 6.04. The molecule has 0 saturated carbocycles. The Hall–Kier alpha value is -3.35. The quantitative estimate of drug-likeness (QED) is 0.757. The first kappa shape index (κ1) is 16.1. The molecule has 2 N–H and O–H groups in total. The average Bonchev–Trinajstić information content (AvgIpc) is 3.24. The zero-order valence-electron chi connectivity index (χ0n) is 14.2. The highest BCUT2D eigenvalue weighted by atomic mass is 16.5. The monoisotopic (exact) mass is 350 g/mol. The van der Waals surface area contributed by atoms with Crippen LogP contribution in [0.4, 0.5) is 11.6 Å². The molecule has 0 spiro atoms. The van der Waals surface area contributed by atoms with Crippen molar-refractivity contribution in [1.82, 2.24) is 9.97 Å². The van der Waals surface area contributed by atoms with Gasteiger partial charge in [0, 0.05) is 13.0 Å². The molecule has 1 fully saturated rings. The molecule has 4 rings (SSSR count). The van der Waals surface area contributed by atoms with Gasteiger partial charge in [-0.15, -0.1) is 0 Å². The maximum Gasteiger partial charge on any atom is 0.232 e. The lowest BCUT2D eigenvalue weighted by atomic mass is 10.1. The van der Waals surface area contributed by atoms with E-state index in [1.165, 1.54) is 0 Å². The minimum Gasteiger partial charge on any atom is -0.495 e. The first-order valence-corrected chi connectivity index (χ1v) is 8.34. The molecule has 2 heterocycles. The van der Waals surface area contributed by atoms with E-state index < -0.39 is 5.92 Å². The first-order valence-electron chi connectivity index (χ1n) is 8.34. The summed E-state index contributed by atoms with van der Waals surface area (Å²) in [6.07, 6.45) is 0.157. The number of benzene rings is 2. The molecule has 1 aliphatic heterocycles. The van der Waals surface area contributed by atoms with Crippen LogP contribution in [-0.2, 0) is 9.59 Å². The van der Waals surface area contributed by atoms with Crippen LogP contribution >= 0.6 is 0 Å². The molecule has 7 heteroatoms. The Morgan fingerprint density at radius 3 is 2.81 bits per heavy atom.